The number of hydrogen-bond donors (Lipinski definition) is 2. The van der Waals surface area contributed by atoms with Gasteiger partial charge in [-0.15, -0.1) is 0 Å². The molecule has 2 atom stereocenters. The summed E-state index contributed by atoms with van der Waals surface area (Å²) in [6, 6.07) is 5.79. The Bertz CT molecular complexity index is 576. The zero-order chi connectivity index (χ0) is 15.6. The molecule has 1 spiro atoms. The molecule has 2 aliphatic rings. The predicted molar refractivity (Wildman–Crippen MR) is 83.4 cm³/mol. The van der Waals surface area contributed by atoms with E-state index in [2.05, 4.69) is 16.4 Å². The van der Waals surface area contributed by atoms with Crippen molar-refractivity contribution in [1.29, 1.82) is 5.26 Å². The molecule has 1 aliphatic carbocycles. The summed E-state index contributed by atoms with van der Waals surface area (Å²) in [5.74, 6) is 0.842. The van der Waals surface area contributed by atoms with Crippen LogP contribution in [0.5, 0.6) is 0 Å². The molecule has 0 amide bonds. The Morgan fingerprint density at radius 2 is 2.18 bits per heavy atom. The molecule has 0 unspecified atom stereocenters. The number of nitrogens with one attached hydrogen (secondary N) is 1. The minimum absolute atomic E-state index is 0.0443. The average molecular weight is 301 g/mol. The highest BCUT2D eigenvalue weighted by atomic mass is 16.5. The summed E-state index contributed by atoms with van der Waals surface area (Å²) in [6.45, 7) is 4.09. The zero-order valence-electron chi connectivity index (χ0n) is 13.0. The van der Waals surface area contributed by atoms with Crippen LogP contribution in [0.3, 0.4) is 0 Å². The molecule has 0 radical (unpaired) electrons. The lowest BCUT2D eigenvalue weighted by Gasteiger charge is -2.37. The molecule has 1 aliphatic heterocycles. The summed E-state index contributed by atoms with van der Waals surface area (Å²) >= 11 is 0. The van der Waals surface area contributed by atoms with E-state index in [-0.39, 0.29) is 17.4 Å². The van der Waals surface area contributed by atoms with Crippen molar-refractivity contribution in [3.8, 4) is 6.07 Å². The minimum Gasteiger partial charge on any atom is -0.392 e. The molecular formula is C17H23N3O2. The molecule has 5 heteroatoms. The van der Waals surface area contributed by atoms with Gasteiger partial charge in [0.05, 0.1) is 11.7 Å². The van der Waals surface area contributed by atoms with E-state index in [1.807, 2.05) is 13.0 Å². The Balaban J connectivity index is 1.65. The summed E-state index contributed by atoms with van der Waals surface area (Å²) in [7, 11) is 0. The van der Waals surface area contributed by atoms with E-state index < -0.39 is 0 Å². The number of rotatable bonds is 3. The Morgan fingerprint density at radius 3 is 2.91 bits per heavy atom. The molecule has 2 fully saturated rings. The first-order chi connectivity index (χ1) is 10.6. The van der Waals surface area contributed by atoms with Crippen molar-refractivity contribution in [3.63, 3.8) is 0 Å². The normalized spacial score (nSPS) is 26.8. The van der Waals surface area contributed by atoms with Crippen molar-refractivity contribution >= 4 is 5.82 Å². The van der Waals surface area contributed by atoms with Crippen LogP contribution in [0.2, 0.25) is 0 Å². The van der Waals surface area contributed by atoms with Crippen LogP contribution < -0.4 is 5.32 Å². The molecule has 0 bridgehead atoms. The highest BCUT2D eigenvalue weighted by molar-refractivity contribution is 5.52. The van der Waals surface area contributed by atoms with Crippen LogP contribution in [0.15, 0.2) is 12.1 Å². The van der Waals surface area contributed by atoms with Gasteiger partial charge < -0.3 is 15.2 Å². The molecule has 22 heavy (non-hydrogen) atoms. The minimum atomic E-state index is -0.292. The lowest BCUT2D eigenvalue weighted by atomic mass is 9.76. The monoisotopic (exact) mass is 301 g/mol. The molecule has 118 valence electrons. The smallest absolute Gasteiger partial charge is 0.144 e. The van der Waals surface area contributed by atoms with Gasteiger partial charge >= 0.3 is 0 Å². The standard InChI is InChI=1S/C17H23N3O2/c1-12-2-3-13(10-18)16(20-12)19-11-14-4-5-17(15(14)21)6-8-22-9-7-17/h2-3,14-15,21H,4-9,11H2,1H3,(H,19,20)/t14-,15+/m1/s1. The summed E-state index contributed by atoms with van der Waals surface area (Å²) in [4.78, 5) is 4.40. The summed E-state index contributed by atoms with van der Waals surface area (Å²) in [5.41, 5.74) is 1.48. The number of anilines is 1. The number of nitrogens with zero attached hydrogens (tertiary/aromatic N) is 2. The van der Waals surface area contributed by atoms with Crippen molar-refractivity contribution in [3.05, 3.63) is 23.4 Å². The first kappa shape index (κ1) is 15.3. The number of ether oxygens (including phenoxy) is 1. The number of aliphatic hydroxyl groups excluding tert-OH is 1. The molecule has 5 nitrogen and oxygen atoms in total. The van der Waals surface area contributed by atoms with Gasteiger partial charge in [0.15, 0.2) is 0 Å². The fourth-order valence-corrected chi connectivity index (χ4v) is 3.83. The van der Waals surface area contributed by atoms with E-state index in [1.54, 1.807) is 6.07 Å². The van der Waals surface area contributed by atoms with Crippen LogP contribution in [-0.2, 0) is 4.74 Å². The molecule has 1 saturated carbocycles. The van der Waals surface area contributed by atoms with E-state index in [9.17, 15) is 5.11 Å². The fourth-order valence-electron chi connectivity index (χ4n) is 3.83. The molecule has 1 saturated heterocycles. The van der Waals surface area contributed by atoms with E-state index >= 15 is 0 Å². The summed E-state index contributed by atoms with van der Waals surface area (Å²) in [5, 5.41) is 23.2. The van der Waals surface area contributed by atoms with Crippen LogP contribution in [0.25, 0.3) is 0 Å². The predicted octanol–water partition coefficient (Wildman–Crippen LogP) is 2.24. The van der Waals surface area contributed by atoms with Gasteiger partial charge in [-0.25, -0.2) is 4.98 Å². The van der Waals surface area contributed by atoms with E-state index in [4.69, 9.17) is 10.00 Å². The number of pyridine rings is 1. The van der Waals surface area contributed by atoms with Gasteiger partial charge in [-0.2, -0.15) is 5.26 Å². The third-order valence-electron chi connectivity index (χ3n) is 5.26. The van der Waals surface area contributed by atoms with Crippen molar-refractivity contribution in [2.45, 2.75) is 38.7 Å². The molecule has 0 aromatic carbocycles. The third kappa shape index (κ3) is 2.81. The van der Waals surface area contributed by atoms with Crippen LogP contribution >= 0.6 is 0 Å². The Morgan fingerprint density at radius 1 is 1.41 bits per heavy atom. The zero-order valence-corrected chi connectivity index (χ0v) is 13.0. The number of aliphatic hydroxyl groups is 1. The maximum atomic E-state index is 10.7. The van der Waals surface area contributed by atoms with Gasteiger partial charge in [0.2, 0.25) is 0 Å². The topological polar surface area (TPSA) is 78.2 Å². The van der Waals surface area contributed by atoms with Crippen molar-refractivity contribution in [2.75, 3.05) is 25.1 Å². The van der Waals surface area contributed by atoms with Gasteiger partial charge in [0.1, 0.15) is 11.9 Å². The lowest BCUT2D eigenvalue weighted by molar-refractivity contribution is -0.0545. The molecule has 1 aromatic rings. The maximum absolute atomic E-state index is 10.7. The van der Waals surface area contributed by atoms with Crippen molar-refractivity contribution < 1.29 is 9.84 Å². The third-order valence-corrected chi connectivity index (χ3v) is 5.26. The molecule has 2 N–H and O–H groups in total. The van der Waals surface area contributed by atoms with Gasteiger partial charge in [-0.3, -0.25) is 0 Å². The summed E-state index contributed by atoms with van der Waals surface area (Å²) < 4.78 is 5.44. The quantitative estimate of drug-likeness (QED) is 0.895. The number of aromatic nitrogens is 1. The fraction of sp³-hybridized carbons (Fsp3) is 0.647. The summed E-state index contributed by atoms with van der Waals surface area (Å²) in [6.07, 6.45) is 3.70. The van der Waals surface area contributed by atoms with Crippen LogP contribution in [-0.4, -0.2) is 36.0 Å². The Labute approximate surface area is 131 Å². The molecular weight excluding hydrogens is 278 g/mol. The van der Waals surface area contributed by atoms with E-state index in [1.165, 1.54) is 0 Å². The van der Waals surface area contributed by atoms with Crippen LogP contribution in [0.4, 0.5) is 5.82 Å². The number of hydrogen-bond acceptors (Lipinski definition) is 5. The molecule has 2 heterocycles. The first-order valence-electron chi connectivity index (χ1n) is 8.02. The average Bonchev–Trinajstić information content (AvgIpc) is 2.83. The number of aryl methyl sites for hydroxylation is 1. The maximum Gasteiger partial charge on any atom is 0.144 e. The highest BCUT2D eigenvalue weighted by Crippen LogP contribution is 2.48. The van der Waals surface area contributed by atoms with Gasteiger partial charge in [0, 0.05) is 36.8 Å². The van der Waals surface area contributed by atoms with E-state index in [0.29, 0.717) is 17.9 Å². The highest BCUT2D eigenvalue weighted by Gasteiger charge is 2.47. The molecule has 3 rings (SSSR count). The van der Waals surface area contributed by atoms with Crippen LogP contribution in [0, 0.1) is 29.6 Å². The van der Waals surface area contributed by atoms with Gasteiger partial charge in [-0.05, 0) is 44.7 Å². The Kier molecular flexibility index (Phi) is 4.32. The van der Waals surface area contributed by atoms with Gasteiger partial charge in [-0.1, -0.05) is 0 Å². The Hall–Kier alpha value is -1.64. The second kappa shape index (κ2) is 6.23. The van der Waals surface area contributed by atoms with Crippen molar-refractivity contribution in [1.82, 2.24) is 4.98 Å². The number of nitriles is 1. The van der Waals surface area contributed by atoms with Crippen molar-refractivity contribution in [2.24, 2.45) is 11.3 Å². The SMILES string of the molecule is Cc1ccc(C#N)c(NC[C@H]2CCC3(CCOCC3)[C@H]2O)n1. The second-order valence-electron chi connectivity index (χ2n) is 6.56. The first-order valence-corrected chi connectivity index (χ1v) is 8.02. The largest absolute Gasteiger partial charge is 0.392 e. The van der Waals surface area contributed by atoms with Gasteiger partial charge in [0.25, 0.3) is 0 Å². The molecule has 1 aromatic heterocycles. The second-order valence-corrected chi connectivity index (χ2v) is 6.56. The van der Waals surface area contributed by atoms with Crippen LogP contribution in [0.1, 0.15) is 36.9 Å². The van der Waals surface area contributed by atoms with E-state index in [0.717, 1.165) is 44.6 Å². The lowest BCUT2D eigenvalue weighted by Crippen LogP contribution is -2.40.